The second kappa shape index (κ2) is 4.39. The quantitative estimate of drug-likeness (QED) is 0.869. The molecule has 1 aliphatic heterocycles. The summed E-state index contributed by atoms with van der Waals surface area (Å²) in [5, 5.41) is 4.99. The minimum atomic E-state index is -0.0463. The Morgan fingerprint density at radius 1 is 1.47 bits per heavy atom. The van der Waals surface area contributed by atoms with Gasteiger partial charge in [-0.3, -0.25) is 0 Å². The van der Waals surface area contributed by atoms with Crippen LogP contribution in [0, 0.1) is 0 Å². The number of oxime groups is 1. The van der Waals surface area contributed by atoms with Crippen molar-refractivity contribution in [2.75, 3.05) is 6.54 Å². The molecule has 1 aromatic rings. The molecule has 1 unspecified atom stereocenters. The lowest BCUT2D eigenvalue weighted by Crippen LogP contribution is -2.20. The van der Waals surface area contributed by atoms with Crippen LogP contribution < -0.4 is 5.73 Å². The van der Waals surface area contributed by atoms with Crippen LogP contribution in [-0.4, -0.2) is 18.4 Å². The van der Waals surface area contributed by atoms with E-state index in [-0.39, 0.29) is 6.10 Å². The van der Waals surface area contributed by atoms with E-state index in [1.807, 2.05) is 12.1 Å². The zero-order valence-electron chi connectivity index (χ0n) is 7.91. The van der Waals surface area contributed by atoms with Crippen LogP contribution in [0.2, 0.25) is 10.0 Å². The van der Waals surface area contributed by atoms with Gasteiger partial charge >= 0.3 is 0 Å². The predicted molar refractivity (Wildman–Crippen MR) is 61.5 cm³/mol. The lowest BCUT2D eigenvalue weighted by molar-refractivity contribution is 0.0918. The molecule has 1 aromatic carbocycles. The molecular weight excluding hydrogens is 235 g/mol. The van der Waals surface area contributed by atoms with Gasteiger partial charge in [-0.25, -0.2) is 0 Å². The third-order valence-corrected chi connectivity index (χ3v) is 3.08. The first-order valence-corrected chi connectivity index (χ1v) is 5.35. The third kappa shape index (κ3) is 2.09. The topological polar surface area (TPSA) is 47.6 Å². The molecule has 5 heteroatoms. The van der Waals surface area contributed by atoms with Gasteiger partial charge < -0.3 is 10.6 Å². The van der Waals surface area contributed by atoms with Crippen LogP contribution in [0.25, 0.3) is 0 Å². The SMILES string of the molecule is NCC1CC(c2cccc(Cl)c2Cl)=NO1. The zero-order valence-corrected chi connectivity index (χ0v) is 9.42. The molecule has 80 valence electrons. The van der Waals surface area contributed by atoms with E-state index in [4.69, 9.17) is 33.8 Å². The van der Waals surface area contributed by atoms with Crippen LogP contribution in [0.15, 0.2) is 23.4 Å². The van der Waals surface area contributed by atoms with E-state index >= 15 is 0 Å². The van der Waals surface area contributed by atoms with Crippen molar-refractivity contribution in [3.8, 4) is 0 Å². The molecule has 0 saturated carbocycles. The van der Waals surface area contributed by atoms with Gasteiger partial charge in [0.1, 0.15) is 6.10 Å². The van der Waals surface area contributed by atoms with E-state index in [0.717, 1.165) is 11.3 Å². The molecule has 1 aliphatic rings. The lowest BCUT2D eigenvalue weighted by atomic mass is 10.1. The van der Waals surface area contributed by atoms with Crippen molar-refractivity contribution in [2.24, 2.45) is 10.9 Å². The highest BCUT2D eigenvalue weighted by atomic mass is 35.5. The summed E-state index contributed by atoms with van der Waals surface area (Å²) in [6, 6.07) is 5.45. The number of hydrogen-bond acceptors (Lipinski definition) is 3. The Hall–Kier alpha value is -0.770. The van der Waals surface area contributed by atoms with Crippen LogP contribution in [0.3, 0.4) is 0 Å². The highest BCUT2D eigenvalue weighted by Gasteiger charge is 2.22. The molecule has 0 aromatic heterocycles. The molecule has 0 spiro atoms. The molecule has 0 bridgehead atoms. The van der Waals surface area contributed by atoms with E-state index < -0.39 is 0 Å². The van der Waals surface area contributed by atoms with E-state index in [2.05, 4.69) is 5.16 Å². The number of halogens is 2. The smallest absolute Gasteiger partial charge is 0.145 e. The maximum absolute atomic E-state index is 6.06. The maximum Gasteiger partial charge on any atom is 0.145 e. The third-order valence-electron chi connectivity index (χ3n) is 2.26. The van der Waals surface area contributed by atoms with Gasteiger partial charge in [0.25, 0.3) is 0 Å². The van der Waals surface area contributed by atoms with Crippen LogP contribution in [0.4, 0.5) is 0 Å². The van der Waals surface area contributed by atoms with Crippen molar-refractivity contribution in [3.63, 3.8) is 0 Å². The van der Waals surface area contributed by atoms with Gasteiger partial charge in [0.15, 0.2) is 0 Å². The molecule has 15 heavy (non-hydrogen) atoms. The molecule has 2 N–H and O–H groups in total. The second-order valence-electron chi connectivity index (χ2n) is 3.31. The first kappa shape index (κ1) is 10.7. The van der Waals surface area contributed by atoms with Crippen LogP contribution >= 0.6 is 23.2 Å². The molecule has 1 heterocycles. The fourth-order valence-electron chi connectivity index (χ4n) is 1.44. The van der Waals surface area contributed by atoms with Gasteiger partial charge in [0.05, 0.1) is 15.8 Å². The van der Waals surface area contributed by atoms with Gasteiger partial charge in [0.2, 0.25) is 0 Å². The van der Waals surface area contributed by atoms with Gasteiger partial charge in [-0.15, -0.1) is 0 Å². The summed E-state index contributed by atoms with van der Waals surface area (Å²) < 4.78 is 0. The second-order valence-corrected chi connectivity index (χ2v) is 4.09. The molecule has 0 aliphatic carbocycles. The Labute approximate surface area is 97.8 Å². The predicted octanol–water partition coefficient (Wildman–Crippen LogP) is 2.45. The summed E-state index contributed by atoms with van der Waals surface area (Å²) in [5.74, 6) is 0. The van der Waals surface area contributed by atoms with Crippen molar-refractivity contribution < 1.29 is 4.84 Å². The average molecular weight is 245 g/mol. The number of rotatable bonds is 2. The standard InChI is InChI=1S/C10H10Cl2N2O/c11-8-3-1-2-7(10(8)12)9-4-6(5-13)15-14-9/h1-3,6H,4-5,13H2. The summed E-state index contributed by atoms with van der Waals surface area (Å²) in [7, 11) is 0. The first-order chi connectivity index (χ1) is 7.22. The van der Waals surface area contributed by atoms with Crippen LogP contribution in [-0.2, 0) is 4.84 Å². The zero-order chi connectivity index (χ0) is 10.8. The molecule has 0 radical (unpaired) electrons. The molecular formula is C10H10Cl2N2O. The lowest BCUT2D eigenvalue weighted by Gasteiger charge is -2.04. The summed E-state index contributed by atoms with van der Waals surface area (Å²) in [6.07, 6.45) is 0.631. The van der Waals surface area contributed by atoms with Crippen LogP contribution in [0.1, 0.15) is 12.0 Å². The van der Waals surface area contributed by atoms with Crippen LogP contribution in [0.5, 0.6) is 0 Å². The Kier molecular flexibility index (Phi) is 3.14. The Bertz CT molecular complexity index is 406. The van der Waals surface area contributed by atoms with Crippen molar-refractivity contribution in [1.82, 2.24) is 0 Å². The Balaban J connectivity index is 2.28. The summed E-state index contributed by atoms with van der Waals surface area (Å²) >= 11 is 12.0. The molecule has 1 atom stereocenters. The van der Waals surface area contributed by atoms with Crippen molar-refractivity contribution in [2.45, 2.75) is 12.5 Å². The van der Waals surface area contributed by atoms with E-state index in [1.165, 1.54) is 0 Å². The molecule has 3 nitrogen and oxygen atoms in total. The highest BCUT2D eigenvalue weighted by molar-refractivity contribution is 6.44. The fourth-order valence-corrected chi connectivity index (χ4v) is 1.85. The number of hydrogen-bond donors (Lipinski definition) is 1. The van der Waals surface area contributed by atoms with E-state index in [9.17, 15) is 0 Å². The van der Waals surface area contributed by atoms with Gasteiger partial charge in [0, 0.05) is 18.5 Å². The maximum atomic E-state index is 6.06. The Morgan fingerprint density at radius 2 is 2.27 bits per heavy atom. The normalized spacial score (nSPS) is 19.9. The van der Waals surface area contributed by atoms with Gasteiger partial charge in [-0.05, 0) is 6.07 Å². The number of nitrogens with two attached hydrogens (primary N) is 1. The van der Waals surface area contributed by atoms with Crippen molar-refractivity contribution >= 4 is 28.9 Å². The largest absolute Gasteiger partial charge is 0.390 e. The summed E-state index contributed by atoms with van der Waals surface area (Å²) in [6.45, 7) is 0.450. The van der Waals surface area contributed by atoms with Gasteiger partial charge in [-0.2, -0.15) is 0 Å². The highest BCUT2D eigenvalue weighted by Crippen LogP contribution is 2.28. The van der Waals surface area contributed by atoms with E-state index in [0.29, 0.717) is 23.0 Å². The summed E-state index contributed by atoms with van der Waals surface area (Å²) in [4.78, 5) is 5.13. The number of nitrogens with zero attached hydrogens (tertiary/aromatic N) is 1. The van der Waals surface area contributed by atoms with E-state index in [1.54, 1.807) is 6.07 Å². The van der Waals surface area contributed by atoms with Crippen molar-refractivity contribution in [3.05, 3.63) is 33.8 Å². The minimum Gasteiger partial charge on any atom is -0.390 e. The van der Waals surface area contributed by atoms with Gasteiger partial charge in [-0.1, -0.05) is 40.5 Å². The molecule has 0 amide bonds. The molecule has 0 saturated heterocycles. The fraction of sp³-hybridized carbons (Fsp3) is 0.300. The first-order valence-electron chi connectivity index (χ1n) is 4.59. The molecule has 0 fully saturated rings. The average Bonchev–Trinajstić information content (AvgIpc) is 2.70. The molecule has 2 rings (SSSR count). The monoisotopic (exact) mass is 244 g/mol. The summed E-state index contributed by atoms with van der Waals surface area (Å²) in [5.41, 5.74) is 7.11. The van der Waals surface area contributed by atoms with Crippen molar-refractivity contribution in [1.29, 1.82) is 0 Å². The Morgan fingerprint density at radius 3 is 2.93 bits per heavy atom. The number of benzene rings is 1. The minimum absolute atomic E-state index is 0.0463.